The molecule has 2 heterocycles. The van der Waals surface area contributed by atoms with Gasteiger partial charge in [-0.3, -0.25) is 4.90 Å². The van der Waals surface area contributed by atoms with Gasteiger partial charge in [-0.2, -0.15) is 0 Å². The lowest BCUT2D eigenvalue weighted by molar-refractivity contribution is -0.0335. The van der Waals surface area contributed by atoms with Crippen LogP contribution < -0.4 is 11.1 Å². The Labute approximate surface area is 164 Å². The maximum atomic E-state index is 6.20. The van der Waals surface area contributed by atoms with Gasteiger partial charge in [0.05, 0.1) is 11.4 Å². The van der Waals surface area contributed by atoms with Crippen molar-refractivity contribution < 1.29 is 0 Å². The third-order valence-corrected chi connectivity index (χ3v) is 9.01. The summed E-state index contributed by atoms with van der Waals surface area (Å²) < 4.78 is 0. The Bertz CT molecular complexity index is 685. The maximum Gasteiger partial charge on any atom is 0.0576 e. The standard InChI is InChI=1S/C24H35N3/c25-23-6-1-2-7-24(23)26-18-13-19-4-3-5-20(14-18)27(19)21-9-15-8-16-11-17(12-21)22(16)10-15/h1-2,6-7,15-22,26H,3-5,8-14,25H2. The van der Waals surface area contributed by atoms with E-state index in [1.54, 1.807) is 19.3 Å². The van der Waals surface area contributed by atoms with Gasteiger partial charge in [0.2, 0.25) is 0 Å². The summed E-state index contributed by atoms with van der Waals surface area (Å²) in [6.07, 6.45) is 14.6. The lowest BCUT2D eigenvalue weighted by Gasteiger charge is -2.54. The predicted molar refractivity (Wildman–Crippen MR) is 112 cm³/mol. The normalized spacial score (nSPS) is 45.8. The van der Waals surface area contributed by atoms with Crippen molar-refractivity contribution in [2.75, 3.05) is 11.1 Å². The Balaban J connectivity index is 1.19. The van der Waals surface area contributed by atoms with Crippen molar-refractivity contribution in [3.8, 4) is 0 Å². The number of piperidine rings is 2. The Morgan fingerprint density at radius 1 is 0.815 bits per heavy atom. The van der Waals surface area contributed by atoms with Crippen LogP contribution in [-0.4, -0.2) is 29.1 Å². The highest BCUT2D eigenvalue weighted by molar-refractivity contribution is 5.66. The minimum Gasteiger partial charge on any atom is -0.397 e. The molecule has 3 N–H and O–H groups in total. The average Bonchev–Trinajstić information content (AvgIpc) is 2.86. The van der Waals surface area contributed by atoms with Crippen LogP contribution in [0.3, 0.4) is 0 Å². The van der Waals surface area contributed by atoms with Crippen molar-refractivity contribution in [1.29, 1.82) is 0 Å². The van der Waals surface area contributed by atoms with Crippen LogP contribution in [0.1, 0.15) is 64.2 Å². The van der Waals surface area contributed by atoms with E-state index >= 15 is 0 Å². The molecule has 6 rings (SSSR count). The Morgan fingerprint density at radius 3 is 2.41 bits per heavy atom. The molecule has 2 saturated heterocycles. The van der Waals surface area contributed by atoms with Crippen molar-refractivity contribution in [2.24, 2.45) is 23.7 Å². The summed E-state index contributed by atoms with van der Waals surface area (Å²) >= 11 is 0. The van der Waals surface area contributed by atoms with Crippen molar-refractivity contribution in [3.63, 3.8) is 0 Å². The molecule has 0 aromatic heterocycles. The second kappa shape index (κ2) is 6.40. The summed E-state index contributed by atoms with van der Waals surface area (Å²) in [5, 5.41) is 3.81. The van der Waals surface area contributed by atoms with Crippen LogP contribution in [0.5, 0.6) is 0 Å². The molecule has 27 heavy (non-hydrogen) atoms. The highest BCUT2D eigenvalue weighted by Crippen LogP contribution is 2.59. The second-order valence-corrected chi connectivity index (χ2v) is 10.5. The lowest BCUT2D eigenvalue weighted by atomic mass is 9.64. The minimum atomic E-state index is 0.594. The molecule has 4 bridgehead atoms. The Kier molecular flexibility index (Phi) is 3.96. The van der Waals surface area contributed by atoms with Gasteiger partial charge in [-0.25, -0.2) is 0 Å². The van der Waals surface area contributed by atoms with E-state index in [4.69, 9.17) is 5.73 Å². The van der Waals surface area contributed by atoms with Crippen LogP contribution in [0.4, 0.5) is 11.4 Å². The zero-order chi connectivity index (χ0) is 18.0. The van der Waals surface area contributed by atoms with Crippen LogP contribution >= 0.6 is 0 Å². The van der Waals surface area contributed by atoms with Gasteiger partial charge in [-0.15, -0.1) is 0 Å². The molecule has 2 aliphatic heterocycles. The Morgan fingerprint density at radius 2 is 1.59 bits per heavy atom. The Hall–Kier alpha value is -1.22. The largest absolute Gasteiger partial charge is 0.397 e. The highest BCUT2D eigenvalue weighted by Gasteiger charge is 2.53. The van der Waals surface area contributed by atoms with E-state index in [-0.39, 0.29) is 0 Å². The zero-order valence-corrected chi connectivity index (χ0v) is 16.5. The van der Waals surface area contributed by atoms with Gasteiger partial charge in [0.25, 0.3) is 0 Å². The summed E-state index contributed by atoms with van der Waals surface area (Å²) in [6, 6.07) is 11.4. The first-order valence-electron chi connectivity index (χ1n) is 11.6. The first-order chi connectivity index (χ1) is 13.2. The van der Waals surface area contributed by atoms with Crippen molar-refractivity contribution in [1.82, 2.24) is 4.90 Å². The van der Waals surface area contributed by atoms with Gasteiger partial charge in [-0.1, -0.05) is 18.6 Å². The van der Waals surface area contributed by atoms with Gasteiger partial charge in [0, 0.05) is 24.2 Å². The van der Waals surface area contributed by atoms with E-state index in [0.29, 0.717) is 6.04 Å². The quantitative estimate of drug-likeness (QED) is 0.749. The fourth-order valence-electron chi connectivity index (χ4n) is 8.01. The first-order valence-corrected chi connectivity index (χ1v) is 11.6. The van der Waals surface area contributed by atoms with Crippen LogP contribution in [0.2, 0.25) is 0 Å². The number of hydrogen-bond donors (Lipinski definition) is 2. The number of anilines is 2. The number of benzene rings is 1. The van der Waals surface area contributed by atoms with Crippen molar-refractivity contribution in [3.05, 3.63) is 24.3 Å². The van der Waals surface area contributed by atoms with Gasteiger partial charge < -0.3 is 11.1 Å². The topological polar surface area (TPSA) is 41.3 Å². The summed E-state index contributed by atoms with van der Waals surface area (Å²) in [4.78, 5) is 3.06. The third kappa shape index (κ3) is 2.80. The summed E-state index contributed by atoms with van der Waals surface area (Å²) in [7, 11) is 0. The van der Waals surface area contributed by atoms with E-state index in [1.165, 1.54) is 44.9 Å². The van der Waals surface area contributed by atoms with Gasteiger partial charge in [-0.05, 0) is 93.6 Å². The fraction of sp³-hybridized carbons (Fsp3) is 0.750. The molecule has 5 aliphatic rings. The molecule has 1 aromatic rings. The first kappa shape index (κ1) is 16.7. The van der Waals surface area contributed by atoms with Gasteiger partial charge in [0.1, 0.15) is 0 Å². The number of nitrogens with zero attached hydrogens (tertiary/aromatic N) is 1. The average molecular weight is 366 g/mol. The number of nitrogens with two attached hydrogens (primary N) is 1. The molecule has 3 nitrogen and oxygen atoms in total. The van der Waals surface area contributed by atoms with Crippen molar-refractivity contribution >= 4 is 11.4 Å². The predicted octanol–water partition coefficient (Wildman–Crippen LogP) is 4.89. The second-order valence-electron chi connectivity index (χ2n) is 10.5. The van der Waals surface area contributed by atoms with Gasteiger partial charge in [0.15, 0.2) is 0 Å². The molecule has 7 atom stereocenters. The number of rotatable bonds is 3. The highest BCUT2D eigenvalue weighted by atomic mass is 15.2. The molecule has 146 valence electrons. The summed E-state index contributed by atoms with van der Waals surface area (Å²) in [5.41, 5.74) is 8.23. The SMILES string of the molecule is Nc1ccccc1NC1CC2CCCC(C1)N2C1CC2CC3CC(C1)C3C2. The fourth-order valence-corrected chi connectivity index (χ4v) is 8.01. The summed E-state index contributed by atoms with van der Waals surface area (Å²) in [6.45, 7) is 0. The van der Waals surface area contributed by atoms with Crippen LogP contribution in [0.15, 0.2) is 24.3 Å². The minimum absolute atomic E-state index is 0.594. The molecule has 0 amide bonds. The molecule has 7 unspecified atom stereocenters. The third-order valence-electron chi connectivity index (χ3n) is 9.01. The smallest absolute Gasteiger partial charge is 0.0576 e. The zero-order valence-electron chi connectivity index (χ0n) is 16.5. The molecule has 3 saturated carbocycles. The number of hydrogen-bond acceptors (Lipinski definition) is 3. The molecule has 3 aliphatic carbocycles. The lowest BCUT2D eigenvalue weighted by Crippen LogP contribution is -2.59. The molecule has 3 heteroatoms. The molecule has 0 radical (unpaired) electrons. The van der Waals surface area contributed by atoms with E-state index in [9.17, 15) is 0 Å². The van der Waals surface area contributed by atoms with Crippen LogP contribution in [0, 0.1) is 23.7 Å². The summed E-state index contributed by atoms with van der Waals surface area (Å²) in [5.74, 6) is 4.39. The van der Waals surface area contributed by atoms with Crippen LogP contribution in [0.25, 0.3) is 0 Å². The maximum absolute atomic E-state index is 6.20. The van der Waals surface area contributed by atoms with E-state index < -0.39 is 0 Å². The van der Waals surface area contributed by atoms with E-state index in [1.807, 2.05) is 12.1 Å². The molecular weight excluding hydrogens is 330 g/mol. The monoisotopic (exact) mass is 365 g/mol. The number of fused-ring (bicyclic) bond motifs is 3. The van der Waals surface area contributed by atoms with Crippen LogP contribution in [-0.2, 0) is 0 Å². The molecule has 1 aromatic carbocycles. The molecular formula is C24H35N3. The molecule has 0 spiro atoms. The molecule has 5 fully saturated rings. The number of nitrogen functional groups attached to an aromatic ring is 1. The number of para-hydroxylation sites is 2. The van der Waals surface area contributed by atoms with E-state index in [0.717, 1.165) is 53.2 Å². The van der Waals surface area contributed by atoms with E-state index in [2.05, 4.69) is 22.3 Å². The van der Waals surface area contributed by atoms with Crippen molar-refractivity contribution in [2.45, 2.75) is 88.4 Å². The number of nitrogens with one attached hydrogen (secondary N) is 1. The van der Waals surface area contributed by atoms with Gasteiger partial charge >= 0.3 is 0 Å².